The molecule has 0 saturated heterocycles. The first-order valence-corrected chi connectivity index (χ1v) is 6.68. The van der Waals surface area contributed by atoms with Crippen molar-refractivity contribution in [3.63, 3.8) is 0 Å². The minimum Gasteiger partial charge on any atom is -0.454 e. The Morgan fingerprint density at radius 3 is 2.71 bits per heavy atom. The number of likely N-dealkylation sites (N-methyl/N-ethyl adjacent to an activating group) is 1. The fraction of sp³-hybridized carbons (Fsp3) is 0.188. The third kappa shape index (κ3) is 3.08. The number of carbonyl (C=O) groups excluding carboxylic acids is 1. The number of ether oxygens (including phenoxy) is 2. The molecule has 0 aliphatic carbocycles. The van der Waals surface area contributed by atoms with Gasteiger partial charge in [-0.1, -0.05) is 18.2 Å². The predicted octanol–water partition coefficient (Wildman–Crippen LogP) is 2.49. The van der Waals surface area contributed by atoms with Crippen molar-refractivity contribution in [1.82, 2.24) is 0 Å². The highest BCUT2D eigenvalue weighted by atomic mass is 16.7. The molecule has 2 aromatic carbocycles. The molecule has 0 atom stereocenters. The molecule has 1 heterocycles. The molecular weight excluding hydrogens is 268 g/mol. The minimum absolute atomic E-state index is 0.0831. The van der Waals surface area contributed by atoms with Crippen LogP contribution in [-0.2, 0) is 4.79 Å². The molecule has 3 rings (SSSR count). The molecule has 0 spiro atoms. The topological polar surface area (TPSA) is 50.8 Å². The lowest BCUT2D eigenvalue weighted by Crippen LogP contribution is -2.29. The van der Waals surface area contributed by atoms with E-state index in [1.54, 1.807) is 18.2 Å². The van der Waals surface area contributed by atoms with E-state index >= 15 is 0 Å². The Morgan fingerprint density at radius 1 is 1.14 bits per heavy atom. The van der Waals surface area contributed by atoms with Crippen molar-refractivity contribution in [3.8, 4) is 11.5 Å². The molecule has 0 fully saturated rings. The van der Waals surface area contributed by atoms with Gasteiger partial charge in [0, 0.05) is 24.5 Å². The summed E-state index contributed by atoms with van der Waals surface area (Å²) in [6.45, 7) is 0.502. The van der Waals surface area contributed by atoms with Gasteiger partial charge >= 0.3 is 0 Å². The van der Waals surface area contributed by atoms with E-state index in [4.69, 9.17) is 9.47 Å². The summed E-state index contributed by atoms with van der Waals surface area (Å²) in [6.07, 6.45) is 0. The van der Waals surface area contributed by atoms with Gasteiger partial charge in [0.25, 0.3) is 0 Å². The molecule has 2 aromatic rings. The first-order valence-electron chi connectivity index (χ1n) is 6.68. The number of carbonyl (C=O) groups is 1. The van der Waals surface area contributed by atoms with Crippen molar-refractivity contribution < 1.29 is 14.3 Å². The largest absolute Gasteiger partial charge is 0.454 e. The number of hydrogen-bond acceptors (Lipinski definition) is 4. The molecule has 0 bridgehead atoms. The van der Waals surface area contributed by atoms with Gasteiger partial charge in [0.1, 0.15) is 0 Å². The van der Waals surface area contributed by atoms with Crippen LogP contribution in [0, 0.1) is 0 Å². The Hall–Kier alpha value is -2.69. The lowest BCUT2D eigenvalue weighted by atomic mass is 10.2. The van der Waals surface area contributed by atoms with E-state index in [9.17, 15) is 4.79 Å². The number of para-hydroxylation sites is 1. The molecule has 21 heavy (non-hydrogen) atoms. The second-order valence-corrected chi connectivity index (χ2v) is 4.81. The maximum absolute atomic E-state index is 12.1. The van der Waals surface area contributed by atoms with E-state index < -0.39 is 0 Å². The summed E-state index contributed by atoms with van der Waals surface area (Å²) in [7, 11) is 1.88. The summed E-state index contributed by atoms with van der Waals surface area (Å²) in [4.78, 5) is 14.0. The van der Waals surface area contributed by atoms with E-state index in [-0.39, 0.29) is 19.2 Å². The van der Waals surface area contributed by atoms with Crippen LogP contribution in [0.5, 0.6) is 11.5 Å². The summed E-state index contributed by atoms with van der Waals surface area (Å²) in [5.41, 5.74) is 1.70. The highest BCUT2D eigenvalue weighted by molar-refractivity contribution is 5.94. The standard InChI is InChI=1S/C16H16N2O3/c1-18(13-5-3-2-4-6-13)10-16(19)17-12-7-8-14-15(9-12)21-11-20-14/h2-9H,10-11H2,1H3,(H,17,19). The average Bonchev–Trinajstić information content (AvgIpc) is 2.95. The van der Waals surface area contributed by atoms with E-state index in [0.29, 0.717) is 17.2 Å². The Bertz CT molecular complexity index is 643. The van der Waals surface area contributed by atoms with Gasteiger partial charge in [-0.2, -0.15) is 0 Å². The van der Waals surface area contributed by atoms with Gasteiger partial charge in [0.2, 0.25) is 12.7 Å². The number of nitrogens with zero attached hydrogens (tertiary/aromatic N) is 1. The van der Waals surface area contributed by atoms with Crippen LogP contribution in [0.15, 0.2) is 48.5 Å². The Balaban J connectivity index is 1.61. The molecular formula is C16H16N2O3. The van der Waals surface area contributed by atoms with Crippen molar-refractivity contribution in [3.05, 3.63) is 48.5 Å². The van der Waals surface area contributed by atoms with Crippen molar-refractivity contribution in [2.75, 3.05) is 30.6 Å². The molecule has 0 saturated carbocycles. The van der Waals surface area contributed by atoms with Gasteiger partial charge in [0.05, 0.1) is 6.54 Å². The van der Waals surface area contributed by atoms with Crippen molar-refractivity contribution in [1.29, 1.82) is 0 Å². The summed E-state index contributed by atoms with van der Waals surface area (Å²) in [5.74, 6) is 1.28. The highest BCUT2D eigenvalue weighted by Gasteiger charge is 2.14. The van der Waals surface area contributed by atoms with E-state index in [1.165, 1.54) is 0 Å². The molecule has 0 unspecified atom stereocenters. The van der Waals surface area contributed by atoms with Crippen LogP contribution in [0.1, 0.15) is 0 Å². The van der Waals surface area contributed by atoms with Gasteiger partial charge in [0.15, 0.2) is 11.5 Å². The maximum Gasteiger partial charge on any atom is 0.243 e. The Morgan fingerprint density at radius 2 is 1.90 bits per heavy atom. The number of anilines is 2. The fourth-order valence-corrected chi connectivity index (χ4v) is 2.16. The van der Waals surface area contributed by atoms with Gasteiger partial charge < -0.3 is 19.7 Å². The zero-order chi connectivity index (χ0) is 14.7. The first kappa shape index (κ1) is 13.3. The number of nitrogens with one attached hydrogen (secondary N) is 1. The quantitative estimate of drug-likeness (QED) is 0.937. The number of benzene rings is 2. The number of fused-ring (bicyclic) bond motifs is 1. The molecule has 0 aromatic heterocycles. The van der Waals surface area contributed by atoms with E-state index in [0.717, 1.165) is 5.69 Å². The zero-order valence-corrected chi connectivity index (χ0v) is 11.7. The van der Waals surface area contributed by atoms with E-state index in [1.807, 2.05) is 42.3 Å². The average molecular weight is 284 g/mol. The number of hydrogen-bond donors (Lipinski definition) is 1. The number of rotatable bonds is 4. The van der Waals surface area contributed by atoms with Crippen LogP contribution in [0.2, 0.25) is 0 Å². The molecule has 1 amide bonds. The van der Waals surface area contributed by atoms with Gasteiger partial charge in [-0.15, -0.1) is 0 Å². The van der Waals surface area contributed by atoms with Crippen LogP contribution in [0.25, 0.3) is 0 Å². The lowest BCUT2D eigenvalue weighted by molar-refractivity contribution is -0.114. The molecule has 5 heteroatoms. The fourth-order valence-electron chi connectivity index (χ4n) is 2.16. The van der Waals surface area contributed by atoms with Gasteiger partial charge in [-0.25, -0.2) is 0 Å². The van der Waals surface area contributed by atoms with Crippen LogP contribution in [0.4, 0.5) is 11.4 Å². The monoisotopic (exact) mass is 284 g/mol. The molecule has 5 nitrogen and oxygen atoms in total. The van der Waals surface area contributed by atoms with E-state index in [2.05, 4.69) is 5.32 Å². The summed E-state index contributed by atoms with van der Waals surface area (Å²) < 4.78 is 10.5. The SMILES string of the molecule is CN(CC(=O)Nc1ccc2c(c1)OCO2)c1ccccc1. The normalized spacial score (nSPS) is 12.0. The molecule has 108 valence electrons. The third-order valence-corrected chi connectivity index (χ3v) is 3.23. The van der Waals surface area contributed by atoms with Crippen molar-refractivity contribution >= 4 is 17.3 Å². The Kier molecular flexibility index (Phi) is 3.64. The lowest BCUT2D eigenvalue weighted by Gasteiger charge is -2.18. The van der Waals surface area contributed by atoms with Crippen LogP contribution >= 0.6 is 0 Å². The second-order valence-electron chi connectivity index (χ2n) is 4.81. The molecule has 1 N–H and O–H groups in total. The first-order chi connectivity index (χ1) is 10.2. The van der Waals surface area contributed by atoms with Crippen LogP contribution in [-0.4, -0.2) is 26.3 Å². The van der Waals surface area contributed by atoms with Gasteiger partial charge in [-0.05, 0) is 24.3 Å². The molecule has 0 radical (unpaired) electrons. The van der Waals surface area contributed by atoms with Crippen LogP contribution < -0.4 is 19.7 Å². The smallest absolute Gasteiger partial charge is 0.243 e. The summed E-state index contributed by atoms with van der Waals surface area (Å²) in [6, 6.07) is 15.1. The summed E-state index contributed by atoms with van der Waals surface area (Å²) in [5, 5.41) is 2.86. The van der Waals surface area contributed by atoms with Crippen molar-refractivity contribution in [2.45, 2.75) is 0 Å². The predicted molar refractivity (Wildman–Crippen MR) is 80.9 cm³/mol. The van der Waals surface area contributed by atoms with Crippen molar-refractivity contribution in [2.24, 2.45) is 0 Å². The Labute approximate surface area is 123 Å². The number of amides is 1. The van der Waals surface area contributed by atoms with Crippen LogP contribution in [0.3, 0.4) is 0 Å². The maximum atomic E-state index is 12.1. The highest BCUT2D eigenvalue weighted by Crippen LogP contribution is 2.34. The zero-order valence-electron chi connectivity index (χ0n) is 11.7. The second kappa shape index (κ2) is 5.75. The molecule has 1 aliphatic heterocycles. The molecule has 1 aliphatic rings. The third-order valence-electron chi connectivity index (χ3n) is 3.23. The van der Waals surface area contributed by atoms with Gasteiger partial charge in [-0.3, -0.25) is 4.79 Å². The summed E-state index contributed by atoms with van der Waals surface area (Å²) >= 11 is 0. The minimum atomic E-state index is -0.0831.